The van der Waals surface area contributed by atoms with Crippen LogP contribution in [0.25, 0.3) is 11.4 Å². The second kappa shape index (κ2) is 4.74. The second-order valence-electron chi connectivity index (χ2n) is 5.76. The van der Waals surface area contributed by atoms with E-state index in [1.165, 1.54) is 6.07 Å². The van der Waals surface area contributed by atoms with Crippen molar-refractivity contribution in [2.45, 2.75) is 33.7 Å². The number of nitrogens with two attached hydrogens (primary N) is 1. The van der Waals surface area contributed by atoms with Gasteiger partial charge in [0, 0.05) is 5.56 Å². The number of aromatic nitrogens is 2. The van der Waals surface area contributed by atoms with Crippen molar-refractivity contribution in [1.82, 2.24) is 10.1 Å². The second-order valence-corrected chi connectivity index (χ2v) is 5.76. The molecule has 1 atom stereocenters. The van der Waals surface area contributed by atoms with Gasteiger partial charge in [-0.1, -0.05) is 25.9 Å². The molecule has 2 N–H and O–H groups in total. The van der Waals surface area contributed by atoms with Crippen molar-refractivity contribution in [3.05, 3.63) is 35.5 Å². The number of rotatable bonds is 2. The molecule has 0 fully saturated rings. The fourth-order valence-corrected chi connectivity index (χ4v) is 1.63. The summed E-state index contributed by atoms with van der Waals surface area (Å²) >= 11 is 0. The number of hydrogen-bond acceptors (Lipinski definition) is 4. The number of aryl methyl sites for hydroxylation is 1. The Balaban J connectivity index is 2.33. The molecule has 0 radical (unpaired) electrons. The van der Waals surface area contributed by atoms with Crippen molar-refractivity contribution in [3.8, 4) is 11.4 Å². The lowest BCUT2D eigenvalue weighted by Gasteiger charge is -2.23. The molecule has 102 valence electrons. The highest BCUT2D eigenvalue weighted by Gasteiger charge is 2.27. The molecule has 5 heteroatoms. The van der Waals surface area contributed by atoms with Gasteiger partial charge in [-0.25, -0.2) is 4.39 Å². The van der Waals surface area contributed by atoms with E-state index in [9.17, 15) is 4.39 Å². The summed E-state index contributed by atoms with van der Waals surface area (Å²) < 4.78 is 18.4. The van der Waals surface area contributed by atoms with E-state index in [0.717, 1.165) is 5.56 Å². The summed E-state index contributed by atoms with van der Waals surface area (Å²) in [5.41, 5.74) is 7.16. The smallest absolute Gasteiger partial charge is 0.244 e. The van der Waals surface area contributed by atoms with Crippen LogP contribution in [0.1, 0.15) is 38.3 Å². The predicted octanol–water partition coefficient (Wildman–Crippen LogP) is 3.23. The molecule has 0 aliphatic rings. The average molecular weight is 263 g/mol. The van der Waals surface area contributed by atoms with Crippen molar-refractivity contribution in [1.29, 1.82) is 0 Å². The fourth-order valence-electron chi connectivity index (χ4n) is 1.63. The van der Waals surface area contributed by atoms with Crippen LogP contribution in [-0.2, 0) is 0 Å². The zero-order valence-electron chi connectivity index (χ0n) is 11.6. The molecule has 0 spiro atoms. The molecule has 4 nitrogen and oxygen atoms in total. The van der Waals surface area contributed by atoms with E-state index in [0.29, 0.717) is 17.3 Å². The van der Waals surface area contributed by atoms with Crippen LogP contribution in [0.15, 0.2) is 22.7 Å². The Kier molecular flexibility index (Phi) is 3.41. The Labute approximate surface area is 111 Å². The Morgan fingerprint density at radius 1 is 1.32 bits per heavy atom. The summed E-state index contributed by atoms with van der Waals surface area (Å²) in [5, 5.41) is 3.90. The van der Waals surface area contributed by atoms with Crippen LogP contribution in [0.2, 0.25) is 0 Å². The van der Waals surface area contributed by atoms with Gasteiger partial charge in [-0.2, -0.15) is 4.98 Å². The molecule has 1 heterocycles. The van der Waals surface area contributed by atoms with Gasteiger partial charge in [0.25, 0.3) is 0 Å². The fraction of sp³-hybridized carbons (Fsp3) is 0.429. The minimum absolute atomic E-state index is 0.164. The number of nitrogens with zero attached hydrogens (tertiary/aromatic N) is 2. The lowest BCUT2D eigenvalue weighted by Crippen LogP contribution is -2.26. The van der Waals surface area contributed by atoms with Gasteiger partial charge in [-0.15, -0.1) is 0 Å². The number of benzene rings is 1. The maximum absolute atomic E-state index is 13.2. The van der Waals surface area contributed by atoms with Gasteiger partial charge in [0.15, 0.2) is 0 Å². The highest BCUT2D eigenvalue weighted by atomic mass is 19.1. The minimum Gasteiger partial charge on any atom is -0.337 e. The molecule has 2 rings (SSSR count). The van der Waals surface area contributed by atoms with E-state index in [1.807, 2.05) is 20.8 Å². The highest BCUT2D eigenvalue weighted by Crippen LogP contribution is 2.30. The Morgan fingerprint density at radius 2 is 2.00 bits per heavy atom. The molecule has 19 heavy (non-hydrogen) atoms. The van der Waals surface area contributed by atoms with E-state index in [2.05, 4.69) is 10.1 Å². The molecule has 0 unspecified atom stereocenters. The SMILES string of the molecule is Cc1cc(-c2noc([C@H](N)C(C)(C)C)n2)ccc1F. The quantitative estimate of drug-likeness (QED) is 0.903. The van der Waals surface area contributed by atoms with Crippen LogP contribution in [-0.4, -0.2) is 10.1 Å². The summed E-state index contributed by atoms with van der Waals surface area (Å²) in [5.74, 6) is 0.570. The summed E-state index contributed by atoms with van der Waals surface area (Å²) in [6, 6.07) is 4.37. The maximum atomic E-state index is 13.2. The third-order valence-electron chi connectivity index (χ3n) is 3.06. The van der Waals surface area contributed by atoms with E-state index >= 15 is 0 Å². The van der Waals surface area contributed by atoms with Crippen LogP contribution < -0.4 is 5.73 Å². The van der Waals surface area contributed by atoms with Gasteiger partial charge >= 0.3 is 0 Å². The van der Waals surface area contributed by atoms with Crippen LogP contribution >= 0.6 is 0 Å². The molecule has 0 aliphatic heterocycles. The largest absolute Gasteiger partial charge is 0.337 e. The van der Waals surface area contributed by atoms with Gasteiger partial charge in [-0.05, 0) is 36.1 Å². The van der Waals surface area contributed by atoms with Gasteiger partial charge in [0.2, 0.25) is 11.7 Å². The normalized spacial score (nSPS) is 13.6. The van der Waals surface area contributed by atoms with E-state index < -0.39 is 0 Å². The Bertz CT molecular complexity index is 587. The standard InChI is InChI=1S/C14H18FN3O/c1-8-7-9(5-6-10(8)15)12-17-13(19-18-12)11(16)14(2,3)4/h5-7,11H,16H2,1-4H3/t11-/m0/s1. The minimum atomic E-state index is -0.338. The molecular formula is C14H18FN3O. The monoisotopic (exact) mass is 263 g/mol. The molecule has 0 amide bonds. The Morgan fingerprint density at radius 3 is 2.58 bits per heavy atom. The lowest BCUT2D eigenvalue weighted by atomic mass is 9.87. The zero-order chi connectivity index (χ0) is 14.2. The van der Waals surface area contributed by atoms with Crippen molar-refractivity contribution >= 4 is 0 Å². The topological polar surface area (TPSA) is 64.9 Å². The lowest BCUT2D eigenvalue weighted by molar-refractivity contribution is 0.253. The molecule has 1 aromatic heterocycles. The first-order valence-corrected chi connectivity index (χ1v) is 6.15. The van der Waals surface area contributed by atoms with E-state index in [-0.39, 0.29) is 17.3 Å². The van der Waals surface area contributed by atoms with Crippen molar-refractivity contribution < 1.29 is 8.91 Å². The predicted molar refractivity (Wildman–Crippen MR) is 70.8 cm³/mol. The average Bonchev–Trinajstić information content (AvgIpc) is 2.79. The van der Waals surface area contributed by atoms with Crippen molar-refractivity contribution in [2.24, 2.45) is 11.1 Å². The van der Waals surface area contributed by atoms with Crippen LogP contribution in [0, 0.1) is 18.2 Å². The number of hydrogen-bond donors (Lipinski definition) is 1. The first-order valence-electron chi connectivity index (χ1n) is 6.15. The third kappa shape index (κ3) is 2.81. The Hall–Kier alpha value is -1.75. The molecule has 1 aromatic carbocycles. The summed E-state index contributed by atoms with van der Waals surface area (Å²) in [7, 11) is 0. The van der Waals surface area contributed by atoms with E-state index in [4.69, 9.17) is 10.3 Å². The van der Waals surface area contributed by atoms with Crippen LogP contribution in [0.3, 0.4) is 0 Å². The van der Waals surface area contributed by atoms with Crippen LogP contribution in [0.5, 0.6) is 0 Å². The summed E-state index contributed by atoms with van der Waals surface area (Å²) in [6.07, 6.45) is 0. The molecular weight excluding hydrogens is 245 g/mol. The highest BCUT2D eigenvalue weighted by molar-refractivity contribution is 5.55. The summed E-state index contributed by atoms with van der Waals surface area (Å²) in [4.78, 5) is 4.29. The van der Waals surface area contributed by atoms with Crippen LogP contribution in [0.4, 0.5) is 4.39 Å². The zero-order valence-corrected chi connectivity index (χ0v) is 11.6. The van der Waals surface area contributed by atoms with Crippen molar-refractivity contribution in [2.75, 3.05) is 0 Å². The van der Waals surface area contributed by atoms with Gasteiger partial charge < -0.3 is 10.3 Å². The molecule has 0 bridgehead atoms. The first-order chi connectivity index (χ1) is 8.79. The molecule has 2 aromatic rings. The maximum Gasteiger partial charge on any atom is 0.244 e. The first kappa shape index (κ1) is 13.7. The number of halogens is 1. The summed E-state index contributed by atoms with van der Waals surface area (Å²) in [6.45, 7) is 7.71. The van der Waals surface area contributed by atoms with Gasteiger partial charge in [-0.3, -0.25) is 0 Å². The molecule has 0 aliphatic carbocycles. The van der Waals surface area contributed by atoms with E-state index in [1.54, 1.807) is 19.1 Å². The molecule has 0 saturated carbocycles. The van der Waals surface area contributed by atoms with Gasteiger partial charge in [0.05, 0.1) is 6.04 Å². The van der Waals surface area contributed by atoms with Crippen molar-refractivity contribution in [3.63, 3.8) is 0 Å². The molecule has 0 saturated heterocycles. The van der Waals surface area contributed by atoms with Gasteiger partial charge in [0.1, 0.15) is 5.82 Å². The third-order valence-corrected chi connectivity index (χ3v) is 3.06.